The van der Waals surface area contributed by atoms with Crippen LogP contribution in [0.2, 0.25) is 0 Å². The van der Waals surface area contributed by atoms with Gasteiger partial charge in [-0.05, 0) is 63.7 Å². The summed E-state index contributed by atoms with van der Waals surface area (Å²) in [5, 5.41) is 3.10. The van der Waals surface area contributed by atoms with E-state index in [2.05, 4.69) is 16.3 Å². The molecule has 146 valence electrons. The predicted molar refractivity (Wildman–Crippen MR) is 105 cm³/mol. The van der Waals surface area contributed by atoms with Gasteiger partial charge in [0.2, 0.25) is 11.8 Å². The van der Waals surface area contributed by atoms with Crippen LogP contribution in [0, 0.1) is 11.8 Å². The maximum atomic E-state index is 12.6. The van der Waals surface area contributed by atoms with Gasteiger partial charge in [0.15, 0.2) is 0 Å². The van der Waals surface area contributed by atoms with Gasteiger partial charge in [0.05, 0.1) is 0 Å². The van der Waals surface area contributed by atoms with Gasteiger partial charge >= 0.3 is 0 Å². The van der Waals surface area contributed by atoms with Gasteiger partial charge in [0.1, 0.15) is 0 Å². The zero-order chi connectivity index (χ0) is 18.2. The molecule has 0 unspecified atom stereocenters. The average Bonchev–Trinajstić information content (AvgIpc) is 2.69. The van der Waals surface area contributed by atoms with Crippen molar-refractivity contribution < 1.29 is 9.59 Å². The molecule has 0 atom stereocenters. The molecule has 0 radical (unpaired) electrons. The van der Waals surface area contributed by atoms with Crippen LogP contribution in [0.3, 0.4) is 0 Å². The second-order valence-corrected chi connectivity index (χ2v) is 8.52. The molecule has 2 aliphatic carbocycles. The first kappa shape index (κ1) is 19.4. The lowest BCUT2D eigenvalue weighted by Crippen LogP contribution is -2.43. The first-order valence-electron chi connectivity index (χ1n) is 11.0. The van der Waals surface area contributed by atoms with E-state index in [1.165, 1.54) is 50.5 Å². The third-order valence-corrected chi connectivity index (χ3v) is 6.51. The third kappa shape index (κ3) is 5.85. The molecule has 4 heteroatoms. The monoisotopic (exact) mass is 360 g/mol. The predicted octanol–water partition coefficient (Wildman–Crippen LogP) is 4.20. The van der Waals surface area contributed by atoms with Crippen LogP contribution in [0.15, 0.2) is 11.6 Å². The molecule has 1 aliphatic heterocycles. The molecule has 0 aromatic heterocycles. The molecule has 1 saturated carbocycles. The van der Waals surface area contributed by atoms with E-state index < -0.39 is 0 Å². The quantitative estimate of drug-likeness (QED) is 0.722. The summed E-state index contributed by atoms with van der Waals surface area (Å²) in [5.74, 6) is 1.30. The first-order chi connectivity index (χ1) is 12.7. The maximum Gasteiger partial charge on any atom is 0.225 e. The minimum Gasteiger partial charge on any atom is -0.356 e. The highest BCUT2D eigenvalue weighted by Gasteiger charge is 2.29. The Morgan fingerprint density at radius 3 is 2.46 bits per heavy atom. The van der Waals surface area contributed by atoms with Gasteiger partial charge in [0, 0.05) is 32.0 Å². The van der Waals surface area contributed by atoms with Crippen molar-refractivity contribution in [3.05, 3.63) is 11.6 Å². The lowest BCUT2D eigenvalue weighted by Gasteiger charge is -2.35. The molecule has 0 aromatic rings. The van der Waals surface area contributed by atoms with Gasteiger partial charge < -0.3 is 10.2 Å². The van der Waals surface area contributed by atoms with Crippen molar-refractivity contribution in [2.45, 2.75) is 83.5 Å². The van der Waals surface area contributed by atoms with Crippen molar-refractivity contribution in [1.82, 2.24) is 10.2 Å². The molecule has 2 amide bonds. The molecule has 2 fully saturated rings. The standard InChI is InChI=1S/C22H36N2O2/c25-21(23-14-11-18-7-3-1-4-8-18)17-19-12-15-24(16-13-19)22(26)20-9-5-2-6-10-20/h7,19-20H,1-6,8-17H2,(H,23,25). The van der Waals surface area contributed by atoms with Crippen LogP contribution < -0.4 is 5.32 Å². The average molecular weight is 361 g/mol. The van der Waals surface area contributed by atoms with E-state index in [9.17, 15) is 9.59 Å². The summed E-state index contributed by atoms with van der Waals surface area (Å²) >= 11 is 0. The summed E-state index contributed by atoms with van der Waals surface area (Å²) in [6, 6.07) is 0. The van der Waals surface area contributed by atoms with E-state index in [-0.39, 0.29) is 11.8 Å². The number of likely N-dealkylation sites (tertiary alicyclic amines) is 1. The van der Waals surface area contributed by atoms with Crippen LogP contribution in [-0.2, 0) is 9.59 Å². The Balaban J connectivity index is 1.31. The van der Waals surface area contributed by atoms with Crippen molar-refractivity contribution in [2.75, 3.05) is 19.6 Å². The van der Waals surface area contributed by atoms with Gasteiger partial charge in [-0.2, -0.15) is 0 Å². The van der Waals surface area contributed by atoms with Crippen molar-refractivity contribution in [3.63, 3.8) is 0 Å². The highest BCUT2D eigenvalue weighted by molar-refractivity contribution is 5.79. The first-order valence-corrected chi connectivity index (χ1v) is 11.0. The molecule has 3 aliphatic rings. The Kier molecular flexibility index (Phi) is 7.57. The molecule has 1 N–H and O–H groups in total. The highest BCUT2D eigenvalue weighted by Crippen LogP contribution is 2.28. The minimum atomic E-state index is 0.193. The molecule has 1 saturated heterocycles. The number of hydrogen-bond acceptors (Lipinski definition) is 2. The molecule has 4 nitrogen and oxygen atoms in total. The molecular formula is C22H36N2O2. The normalized spacial score (nSPS) is 22.8. The van der Waals surface area contributed by atoms with Crippen molar-refractivity contribution >= 4 is 11.8 Å². The van der Waals surface area contributed by atoms with Crippen LogP contribution >= 0.6 is 0 Å². The zero-order valence-electron chi connectivity index (χ0n) is 16.3. The second kappa shape index (κ2) is 10.1. The Bertz CT molecular complexity index is 500. The topological polar surface area (TPSA) is 49.4 Å². The van der Waals surface area contributed by atoms with E-state index in [4.69, 9.17) is 0 Å². The van der Waals surface area contributed by atoms with Crippen LogP contribution in [0.4, 0.5) is 0 Å². The number of carbonyl (C=O) groups is 2. The number of rotatable bonds is 6. The van der Waals surface area contributed by atoms with Gasteiger partial charge in [0.25, 0.3) is 0 Å². The van der Waals surface area contributed by atoms with Crippen LogP contribution in [-0.4, -0.2) is 36.3 Å². The van der Waals surface area contributed by atoms with Crippen LogP contribution in [0.25, 0.3) is 0 Å². The summed E-state index contributed by atoms with van der Waals surface area (Å²) < 4.78 is 0. The fraction of sp³-hybridized carbons (Fsp3) is 0.818. The van der Waals surface area contributed by atoms with Gasteiger partial charge in [-0.15, -0.1) is 0 Å². The van der Waals surface area contributed by atoms with Gasteiger partial charge in [-0.1, -0.05) is 30.9 Å². The van der Waals surface area contributed by atoms with Crippen molar-refractivity contribution in [3.8, 4) is 0 Å². The number of allylic oxidation sites excluding steroid dienone is 1. The minimum absolute atomic E-state index is 0.193. The Hall–Kier alpha value is -1.32. The van der Waals surface area contributed by atoms with E-state index in [1.54, 1.807) is 0 Å². The van der Waals surface area contributed by atoms with Gasteiger partial charge in [-0.25, -0.2) is 0 Å². The Morgan fingerprint density at radius 1 is 1.00 bits per heavy atom. The third-order valence-electron chi connectivity index (χ3n) is 6.51. The largest absolute Gasteiger partial charge is 0.356 e. The van der Waals surface area contributed by atoms with Crippen LogP contribution in [0.1, 0.15) is 83.5 Å². The van der Waals surface area contributed by atoms with E-state index in [0.717, 1.165) is 51.7 Å². The maximum absolute atomic E-state index is 12.6. The number of hydrogen-bond donors (Lipinski definition) is 1. The lowest BCUT2D eigenvalue weighted by atomic mass is 9.86. The molecule has 0 bridgehead atoms. The summed E-state index contributed by atoms with van der Waals surface area (Å²) in [4.78, 5) is 26.9. The molecular weight excluding hydrogens is 324 g/mol. The van der Waals surface area contributed by atoms with Crippen LogP contribution in [0.5, 0.6) is 0 Å². The molecule has 0 spiro atoms. The summed E-state index contributed by atoms with van der Waals surface area (Å²) in [6.45, 7) is 2.48. The van der Waals surface area contributed by atoms with E-state index in [1.807, 2.05) is 0 Å². The van der Waals surface area contributed by atoms with Crippen molar-refractivity contribution in [2.24, 2.45) is 11.8 Å². The smallest absolute Gasteiger partial charge is 0.225 e. The fourth-order valence-corrected chi connectivity index (χ4v) is 4.79. The summed E-state index contributed by atoms with van der Waals surface area (Å²) in [5.41, 5.74) is 1.52. The summed E-state index contributed by atoms with van der Waals surface area (Å²) in [7, 11) is 0. The SMILES string of the molecule is O=C(CC1CCN(C(=O)C2CCCCC2)CC1)NCCC1=CCCCC1. The number of carbonyl (C=O) groups excluding carboxylic acids is 2. The number of amides is 2. The molecule has 0 aromatic carbocycles. The van der Waals surface area contributed by atoms with E-state index in [0.29, 0.717) is 18.2 Å². The zero-order valence-corrected chi connectivity index (χ0v) is 16.3. The fourth-order valence-electron chi connectivity index (χ4n) is 4.79. The number of piperidine rings is 1. The van der Waals surface area contributed by atoms with Gasteiger partial charge in [-0.3, -0.25) is 9.59 Å². The highest BCUT2D eigenvalue weighted by atomic mass is 16.2. The van der Waals surface area contributed by atoms with E-state index >= 15 is 0 Å². The Labute approximate surface area is 158 Å². The number of nitrogens with one attached hydrogen (secondary N) is 1. The van der Waals surface area contributed by atoms with Crippen molar-refractivity contribution in [1.29, 1.82) is 0 Å². The Morgan fingerprint density at radius 2 is 1.77 bits per heavy atom. The second-order valence-electron chi connectivity index (χ2n) is 8.52. The molecule has 1 heterocycles. The number of nitrogens with zero attached hydrogens (tertiary/aromatic N) is 1. The lowest BCUT2D eigenvalue weighted by molar-refractivity contribution is -0.138. The molecule has 26 heavy (non-hydrogen) atoms. The molecule has 3 rings (SSSR count). The summed E-state index contributed by atoms with van der Waals surface area (Å²) in [6.07, 6.45) is 16.9.